The van der Waals surface area contributed by atoms with Crippen LogP contribution in [0.5, 0.6) is 5.75 Å². The molecule has 1 aliphatic rings. The molecule has 194 valence electrons. The lowest BCUT2D eigenvalue weighted by Gasteiger charge is -2.17. The summed E-state index contributed by atoms with van der Waals surface area (Å²) in [6.07, 6.45) is -0.269. The molecule has 1 atom stereocenters. The molecule has 0 bridgehead atoms. The number of nitro groups is 1. The van der Waals surface area contributed by atoms with Crippen LogP contribution < -0.4 is 10.2 Å². The van der Waals surface area contributed by atoms with Gasteiger partial charge in [-0.1, -0.05) is 18.2 Å². The highest BCUT2D eigenvalue weighted by Gasteiger charge is 2.37. The molecule has 2 aromatic carbocycles. The number of nitro benzene ring substituents is 1. The van der Waals surface area contributed by atoms with E-state index in [0.717, 1.165) is 11.1 Å². The van der Waals surface area contributed by atoms with E-state index in [4.69, 9.17) is 9.47 Å². The van der Waals surface area contributed by atoms with Gasteiger partial charge in [0.1, 0.15) is 16.2 Å². The number of nitrogens with one attached hydrogen (secondary N) is 1. The Morgan fingerprint density at radius 2 is 1.79 bits per heavy atom. The molecule has 1 fully saturated rings. The highest BCUT2D eigenvalue weighted by Crippen LogP contribution is 2.21. The summed E-state index contributed by atoms with van der Waals surface area (Å²) in [6.45, 7) is -0.803. The van der Waals surface area contributed by atoms with Crippen LogP contribution >= 0.6 is 11.3 Å². The van der Waals surface area contributed by atoms with Crippen LogP contribution in [0, 0.1) is 16.0 Å². The number of Topliss-reactive ketones (excluding diaryl/α,β-unsaturated/α-hetero) is 1. The van der Waals surface area contributed by atoms with Crippen molar-refractivity contribution in [3.05, 3.63) is 92.2 Å². The fraction of sp³-hybridized carbons (Fsp3) is 0.160. The third-order valence-corrected chi connectivity index (χ3v) is 6.34. The van der Waals surface area contributed by atoms with E-state index in [0.29, 0.717) is 4.88 Å². The Labute approximate surface area is 218 Å². The van der Waals surface area contributed by atoms with Gasteiger partial charge in [0.25, 0.3) is 11.6 Å². The van der Waals surface area contributed by atoms with Crippen LogP contribution in [0.15, 0.2) is 66.0 Å². The number of ether oxygens (including phenoxy) is 2. The van der Waals surface area contributed by atoms with Gasteiger partial charge in [0, 0.05) is 18.1 Å². The van der Waals surface area contributed by atoms with Crippen molar-refractivity contribution in [1.29, 1.82) is 0 Å². The van der Waals surface area contributed by atoms with Crippen molar-refractivity contribution in [2.45, 2.75) is 6.42 Å². The second-order valence-corrected chi connectivity index (χ2v) is 8.99. The normalized spacial score (nSPS) is 14.6. The van der Waals surface area contributed by atoms with Gasteiger partial charge in [-0.05, 0) is 41.8 Å². The number of nitrogens with zero attached hydrogens (tertiary/aromatic N) is 2. The molecular weight excluding hydrogens is 518 g/mol. The quantitative estimate of drug-likeness (QED) is 0.142. The van der Waals surface area contributed by atoms with Gasteiger partial charge in [0.2, 0.25) is 5.91 Å². The van der Waals surface area contributed by atoms with Crippen molar-refractivity contribution in [1.82, 2.24) is 10.4 Å². The number of rotatable bonds is 9. The molecule has 0 saturated carbocycles. The Balaban J connectivity index is 1.27. The van der Waals surface area contributed by atoms with Crippen LogP contribution in [-0.4, -0.2) is 52.6 Å². The zero-order valence-electron chi connectivity index (χ0n) is 19.5. The largest absolute Gasteiger partial charge is 0.457 e. The molecule has 1 N–H and O–H groups in total. The summed E-state index contributed by atoms with van der Waals surface area (Å²) in [4.78, 5) is 72.5. The van der Waals surface area contributed by atoms with E-state index in [2.05, 4.69) is 5.43 Å². The van der Waals surface area contributed by atoms with Crippen LogP contribution in [0.1, 0.15) is 36.8 Å². The minimum Gasteiger partial charge on any atom is -0.457 e. The lowest BCUT2D eigenvalue weighted by molar-refractivity contribution is -0.385. The summed E-state index contributed by atoms with van der Waals surface area (Å²) >= 11 is 1.24. The first kappa shape index (κ1) is 26.2. The standard InChI is InChI=1S/C25H19N3O9S/c29-20(15-7-9-17(10-8-15)37-25(33)21-6-3-11-38-21)14-36-24(32)16-12-22(30)27(13-16)26-23(31)18-4-1-2-5-19(18)28(34)35/h1-11,16H,12-14H2,(H,26,31)/t16-/m0/s1. The molecule has 4 rings (SSSR count). The highest BCUT2D eigenvalue weighted by molar-refractivity contribution is 7.12. The van der Waals surface area contributed by atoms with Gasteiger partial charge in [-0.2, -0.15) is 0 Å². The first-order chi connectivity index (χ1) is 18.2. The van der Waals surface area contributed by atoms with E-state index in [9.17, 15) is 34.1 Å². The van der Waals surface area contributed by atoms with Crippen molar-refractivity contribution in [3.63, 3.8) is 0 Å². The fourth-order valence-electron chi connectivity index (χ4n) is 3.58. The van der Waals surface area contributed by atoms with Gasteiger partial charge in [0.15, 0.2) is 12.4 Å². The Hall–Kier alpha value is -4.91. The number of ketones is 1. The predicted molar refractivity (Wildman–Crippen MR) is 131 cm³/mol. The van der Waals surface area contributed by atoms with Crippen molar-refractivity contribution < 1.29 is 38.4 Å². The number of benzene rings is 2. The maximum Gasteiger partial charge on any atom is 0.353 e. The van der Waals surface area contributed by atoms with E-state index in [1.165, 1.54) is 53.8 Å². The molecule has 38 heavy (non-hydrogen) atoms. The summed E-state index contributed by atoms with van der Waals surface area (Å²) in [5, 5.41) is 13.8. The minimum absolute atomic E-state index is 0.217. The third-order valence-electron chi connectivity index (χ3n) is 5.49. The summed E-state index contributed by atoms with van der Waals surface area (Å²) in [5.41, 5.74) is 1.82. The van der Waals surface area contributed by atoms with E-state index in [-0.39, 0.29) is 29.8 Å². The molecule has 1 aliphatic heterocycles. The Morgan fingerprint density at radius 3 is 2.47 bits per heavy atom. The molecular formula is C25H19N3O9S. The van der Waals surface area contributed by atoms with E-state index in [1.807, 2.05) is 0 Å². The predicted octanol–water partition coefficient (Wildman–Crippen LogP) is 2.79. The molecule has 0 radical (unpaired) electrons. The van der Waals surface area contributed by atoms with Crippen LogP contribution in [-0.2, 0) is 14.3 Å². The third kappa shape index (κ3) is 6.07. The van der Waals surface area contributed by atoms with Crippen LogP contribution in [0.3, 0.4) is 0 Å². The topological polar surface area (TPSA) is 162 Å². The Kier molecular flexibility index (Phi) is 7.87. The molecule has 1 aromatic heterocycles. The molecule has 13 heteroatoms. The van der Waals surface area contributed by atoms with Gasteiger partial charge >= 0.3 is 11.9 Å². The molecule has 0 unspecified atom stereocenters. The average molecular weight is 538 g/mol. The molecule has 3 aromatic rings. The zero-order chi connectivity index (χ0) is 27.2. The van der Waals surface area contributed by atoms with E-state index >= 15 is 0 Å². The number of para-hydroxylation sites is 1. The summed E-state index contributed by atoms with van der Waals surface area (Å²) in [5.74, 6) is -4.01. The van der Waals surface area contributed by atoms with Crippen LogP contribution in [0.25, 0.3) is 0 Å². The number of esters is 2. The number of carbonyl (C=O) groups excluding carboxylic acids is 5. The smallest absolute Gasteiger partial charge is 0.353 e. The van der Waals surface area contributed by atoms with Crippen LogP contribution in [0.2, 0.25) is 0 Å². The van der Waals surface area contributed by atoms with Crippen molar-refractivity contribution in [2.24, 2.45) is 5.92 Å². The minimum atomic E-state index is -0.944. The molecule has 0 spiro atoms. The second-order valence-electron chi connectivity index (χ2n) is 8.04. The Bertz CT molecular complexity index is 1400. The van der Waals surface area contributed by atoms with Crippen molar-refractivity contribution in [2.75, 3.05) is 13.2 Å². The molecule has 2 heterocycles. The molecule has 12 nitrogen and oxygen atoms in total. The summed E-state index contributed by atoms with van der Waals surface area (Å²) in [6, 6.07) is 14.3. The monoisotopic (exact) mass is 537 g/mol. The maximum absolute atomic E-state index is 12.5. The highest BCUT2D eigenvalue weighted by atomic mass is 32.1. The first-order valence-corrected chi connectivity index (χ1v) is 12.0. The van der Waals surface area contributed by atoms with Crippen molar-refractivity contribution >= 4 is 46.6 Å². The number of hydrazine groups is 1. The van der Waals surface area contributed by atoms with Gasteiger partial charge < -0.3 is 9.47 Å². The lowest BCUT2D eigenvalue weighted by atomic mass is 10.1. The van der Waals surface area contributed by atoms with Crippen LogP contribution in [0.4, 0.5) is 5.69 Å². The maximum atomic E-state index is 12.5. The van der Waals surface area contributed by atoms with E-state index in [1.54, 1.807) is 17.5 Å². The summed E-state index contributed by atoms with van der Waals surface area (Å²) in [7, 11) is 0. The number of hydrogen-bond donors (Lipinski definition) is 1. The first-order valence-electron chi connectivity index (χ1n) is 11.1. The number of carbonyl (C=O) groups is 5. The molecule has 1 saturated heterocycles. The van der Waals surface area contributed by atoms with Crippen molar-refractivity contribution in [3.8, 4) is 5.75 Å². The van der Waals surface area contributed by atoms with E-state index < -0.39 is 52.7 Å². The molecule has 2 amide bonds. The second kappa shape index (κ2) is 11.4. The van der Waals surface area contributed by atoms with Gasteiger partial charge in [0.05, 0.1) is 17.4 Å². The molecule has 0 aliphatic carbocycles. The van der Waals surface area contributed by atoms with Gasteiger partial charge in [-0.25, -0.2) is 4.79 Å². The number of amides is 2. The lowest BCUT2D eigenvalue weighted by Crippen LogP contribution is -2.43. The number of hydrogen-bond acceptors (Lipinski definition) is 10. The SMILES string of the molecule is O=C(COC(=O)[C@H]1CC(=O)N(NC(=O)c2ccccc2[N+](=O)[O-])C1)c1ccc(OC(=O)c2cccs2)cc1. The Morgan fingerprint density at radius 1 is 1.05 bits per heavy atom. The average Bonchev–Trinajstić information content (AvgIpc) is 3.58. The summed E-state index contributed by atoms with van der Waals surface area (Å²) < 4.78 is 10.3. The fourth-order valence-corrected chi connectivity index (χ4v) is 4.18. The zero-order valence-corrected chi connectivity index (χ0v) is 20.3. The van der Waals surface area contributed by atoms with Gasteiger partial charge in [-0.3, -0.25) is 39.7 Å². The number of thiophene rings is 1. The van der Waals surface area contributed by atoms with Gasteiger partial charge in [-0.15, -0.1) is 11.3 Å².